The first-order valence-corrected chi connectivity index (χ1v) is 17.0. The van der Waals surface area contributed by atoms with Crippen LogP contribution in [0.4, 0.5) is 0 Å². The minimum atomic E-state index is 0.283. The molecular formula is C43H66N2. The van der Waals surface area contributed by atoms with Crippen molar-refractivity contribution in [1.29, 1.82) is 0 Å². The van der Waals surface area contributed by atoms with Gasteiger partial charge in [-0.3, -0.25) is 0 Å². The van der Waals surface area contributed by atoms with Crippen LogP contribution in [0.15, 0.2) is 122 Å². The van der Waals surface area contributed by atoms with Crippen molar-refractivity contribution in [1.82, 2.24) is 5.32 Å². The second kappa shape index (κ2) is 24.8. The van der Waals surface area contributed by atoms with E-state index in [0.717, 1.165) is 50.3 Å². The van der Waals surface area contributed by atoms with Crippen LogP contribution in [0.2, 0.25) is 0 Å². The first-order chi connectivity index (χ1) is 21.4. The van der Waals surface area contributed by atoms with E-state index in [9.17, 15) is 0 Å². The molecule has 2 nitrogen and oxygen atoms in total. The molecule has 0 aliphatic carbocycles. The maximum atomic E-state index is 4.61. The maximum Gasteiger partial charge on any atom is 0.0397 e. The Labute approximate surface area is 279 Å². The molecule has 0 heterocycles. The summed E-state index contributed by atoms with van der Waals surface area (Å²) in [7, 11) is 0. The highest BCUT2D eigenvalue weighted by Crippen LogP contribution is 2.30. The molecule has 3 rings (SSSR count). The SMILES string of the molecule is C=C(CC(CCCc1ccc(Cc2ccccc2)cc1)CC(=C)NCc1ccccc1)CC(C)(C)C.C=CN.CC.CC(C)C. The average molecular weight is 611 g/mol. The summed E-state index contributed by atoms with van der Waals surface area (Å²) in [5.41, 5.74) is 12.9. The van der Waals surface area contributed by atoms with E-state index in [1.54, 1.807) is 0 Å². The third kappa shape index (κ3) is 23.5. The zero-order valence-electron chi connectivity index (χ0n) is 30.2. The van der Waals surface area contributed by atoms with Gasteiger partial charge in [-0.1, -0.05) is 166 Å². The summed E-state index contributed by atoms with van der Waals surface area (Å²) >= 11 is 0. The van der Waals surface area contributed by atoms with E-state index >= 15 is 0 Å². The predicted molar refractivity (Wildman–Crippen MR) is 203 cm³/mol. The second-order valence-electron chi connectivity index (χ2n) is 13.5. The highest BCUT2D eigenvalue weighted by Gasteiger charge is 2.17. The van der Waals surface area contributed by atoms with Crippen LogP contribution in [0.5, 0.6) is 0 Å². The molecule has 0 saturated heterocycles. The Morgan fingerprint density at radius 3 is 1.69 bits per heavy atom. The molecule has 0 aromatic heterocycles. The van der Waals surface area contributed by atoms with Gasteiger partial charge in [0.05, 0.1) is 0 Å². The summed E-state index contributed by atoms with van der Waals surface area (Å²) in [6.45, 7) is 30.2. The molecular weight excluding hydrogens is 544 g/mol. The summed E-state index contributed by atoms with van der Waals surface area (Å²) in [5.74, 6) is 1.41. The lowest BCUT2D eigenvalue weighted by Gasteiger charge is -2.24. The van der Waals surface area contributed by atoms with E-state index in [0.29, 0.717) is 5.92 Å². The molecule has 0 aliphatic heterocycles. The van der Waals surface area contributed by atoms with E-state index in [1.807, 2.05) is 13.8 Å². The Bertz CT molecular complexity index is 1150. The van der Waals surface area contributed by atoms with Crippen LogP contribution >= 0.6 is 0 Å². The lowest BCUT2D eigenvalue weighted by atomic mass is 9.82. The van der Waals surface area contributed by atoms with Crippen molar-refractivity contribution in [2.24, 2.45) is 23.0 Å². The van der Waals surface area contributed by atoms with Gasteiger partial charge in [-0.25, -0.2) is 0 Å². The number of allylic oxidation sites excluding steroid dienone is 2. The average Bonchev–Trinajstić information content (AvgIpc) is 2.98. The normalized spacial score (nSPS) is 11.0. The van der Waals surface area contributed by atoms with Gasteiger partial charge in [0.25, 0.3) is 0 Å². The summed E-state index contributed by atoms with van der Waals surface area (Å²) < 4.78 is 0. The van der Waals surface area contributed by atoms with Crippen molar-refractivity contribution in [2.75, 3.05) is 0 Å². The van der Waals surface area contributed by atoms with Crippen LogP contribution in [0.3, 0.4) is 0 Å². The molecule has 0 bridgehead atoms. The number of hydrogen-bond donors (Lipinski definition) is 2. The monoisotopic (exact) mass is 611 g/mol. The van der Waals surface area contributed by atoms with Crippen molar-refractivity contribution in [3.63, 3.8) is 0 Å². The lowest BCUT2D eigenvalue weighted by Crippen LogP contribution is -2.16. The van der Waals surface area contributed by atoms with Gasteiger partial charge >= 0.3 is 0 Å². The van der Waals surface area contributed by atoms with Crippen LogP contribution in [-0.4, -0.2) is 0 Å². The first kappa shape index (κ1) is 41.5. The topological polar surface area (TPSA) is 38.0 Å². The van der Waals surface area contributed by atoms with Crippen molar-refractivity contribution in [3.05, 3.63) is 144 Å². The van der Waals surface area contributed by atoms with Gasteiger partial charge in [-0.15, -0.1) is 0 Å². The molecule has 3 aromatic carbocycles. The number of benzene rings is 3. The molecule has 0 fully saturated rings. The van der Waals surface area contributed by atoms with E-state index in [-0.39, 0.29) is 5.41 Å². The molecule has 248 valence electrons. The number of aryl methyl sites for hydroxylation is 1. The van der Waals surface area contributed by atoms with Crippen LogP contribution in [-0.2, 0) is 19.4 Å². The fraction of sp³-hybridized carbons (Fsp3) is 0.442. The summed E-state index contributed by atoms with van der Waals surface area (Å²) in [5, 5.41) is 3.56. The number of nitrogens with one attached hydrogen (secondary N) is 1. The van der Waals surface area contributed by atoms with Gasteiger partial charge in [0.15, 0.2) is 0 Å². The van der Waals surface area contributed by atoms with Crippen LogP contribution < -0.4 is 11.1 Å². The van der Waals surface area contributed by atoms with Crippen LogP contribution in [0.25, 0.3) is 0 Å². The highest BCUT2D eigenvalue weighted by atomic mass is 14.9. The third-order valence-electron chi connectivity index (χ3n) is 6.63. The fourth-order valence-electron chi connectivity index (χ4n) is 5.00. The summed E-state index contributed by atoms with van der Waals surface area (Å²) in [4.78, 5) is 0. The largest absolute Gasteiger partial charge is 0.405 e. The van der Waals surface area contributed by atoms with E-state index in [2.05, 4.69) is 157 Å². The molecule has 2 heteroatoms. The summed E-state index contributed by atoms with van der Waals surface area (Å²) in [6.07, 6.45) is 8.93. The van der Waals surface area contributed by atoms with Crippen molar-refractivity contribution >= 4 is 0 Å². The van der Waals surface area contributed by atoms with Gasteiger partial charge in [-0.05, 0) is 90.7 Å². The fourth-order valence-corrected chi connectivity index (χ4v) is 5.00. The molecule has 0 spiro atoms. The van der Waals surface area contributed by atoms with Gasteiger partial charge in [0, 0.05) is 12.2 Å². The standard InChI is InChI=1S/C35H45N.C4H10.C2H5N.C2H6/c1-28(26-35(3,4)5)23-34(24-29(2)36-27-33-15-10-7-11-16-33)18-12-17-30-19-21-32(22-20-30)25-31-13-8-6-9-14-31;1-4(2)3;1-2-3;1-2/h6-11,13-16,19-22,34,36H,1-2,12,17-18,23-27H2,3-5H3;4H,1-3H3;2H,1,3H2;1-2H3. The quantitative estimate of drug-likeness (QED) is 0.178. The zero-order chi connectivity index (χ0) is 34.1. The highest BCUT2D eigenvalue weighted by molar-refractivity contribution is 5.28. The van der Waals surface area contributed by atoms with Gasteiger partial charge in [0.2, 0.25) is 0 Å². The molecule has 0 amide bonds. The van der Waals surface area contributed by atoms with E-state index in [1.165, 1.54) is 46.9 Å². The van der Waals surface area contributed by atoms with Gasteiger partial charge in [0.1, 0.15) is 0 Å². The van der Waals surface area contributed by atoms with Crippen molar-refractivity contribution in [3.8, 4) is 0 Å². The zero-order valence-corrected chi connectivity index (χ0v) is 30.2. The molecule has 0 radical (unpaired) electrons. The molecule has 0 saturated carbocycles. The van der Waals surface area contributed by atoms with Crippen LogP contribution in [0, 0.1) is 17.3 Å². The molecule has 0 aliphatic rings. The minimum Gasteiger partial charge on any atom is -0.405 e. The minimum absolute atomic E-state index is 0.283. The number of rotatable bonds is 14. The van der Waals surface area contributed by atoms with Crippen molar-refractivity contribution in [2.45, 2.75) is 107 Å². The number of nitrogens with two attached hydrogens (primary N) is 1. The Morgan fingerprint density at radius 2 is 1.20 bits per heavy atom. The third-order valence-corrected chi connectivity index (χ3v) is 6.63. The molecule has 45 heavy (non-hydrogen) atoms. The lowest BCUT2D eigenvalue weighted by molar-refractivity contribution is 0.381. The second-order valence-corrected chi connectivity index (χ2v) is 13.5. The predicted octanol–water partition coefficient (Wildman–Crippen LogP) is 12.1. The molecule has 3 aromatic rings. The first-order valence-electron chi connectivity index (χ1n) is 17.0. The Kier molecular flexibility index (Phi) is 22.8. The molecule has 1 atom stereocenters. The molecule has 3 N–H and O–H groups in total. The van der Waals surface area contributed by atoms with Crippen LogP contribution in [0.1, 0.15) is 110 Å². The van der Waals surface area contributed by atoms with E-state index < -0.39 is 0 Å². The summed E-state index contributed by atoms with van der Waals surface area (Å²) in [6, 6.07) is 30.5. The number of hydrogen-bond acceptors (Lipinski definition) is 2. The van der Waals surface area contributed by atoms with Crippen molar-refractivity contribution < 1.29 is 0 Å². The van der Waals surface area contributed by atoms with Gasteiger partial charge in [-0.2, -0.15) is 0 Å². The Balaban J connectivity index is 0.00000192. The maximum absolute atomic E-state index is 4.61. The van der Waals surface area contributed by atoms with E-state index in [4.69, 9.17) is 0 Å². The molecule has 1 unspecified atom stereocenters. The Morgan fingerprint density at radius 1 is 0.756 bits per heavy atom. The van der Waals surface area contributed by atoms with Gasteiger partial charge < -0.3 is 11.1 Å². The smallest absolute Gasteiger partial charge is 0.0397 e. The Hall–Kier alpha value is -3.52.